The van der Waals surface area contributed by atoms with Gasteiger partial charge in [0.05, 0.1) is 17.4 Å². The number of amides is 2. The Hall–Kier alpha value is -3.84. The minimum Gasteiger partial charge on any atom is -0.462 e. The average molecular weight is 474 g/mol. The average Bonchev–Trinajstić information content (AvgIpc) is 3.16. The van der Waals surface area contributed by atoms with Crippen LogP contribution in [0.15, 0.2) is 78.9 Å². The van der Waals surface area contributed by atoms with Gasteiger partial charge >= 0.3 is 5.97 Å². The lowest BCUT2D eigenvalue weighted by Crippen LogP contribution is -2.25. The molecule has 34 heavy (non-hydrogen) atoms. The highest BCUT2D eigenvalue weighted by Crippen LogP contribution is 2.27. The number of carbonyl (C=O) groups excluding carboxylic acids is 3. The van der Waals surface area contributed by atoms with Gasteiger partial charge < -0.3 is 9.47 Å². The van der Waals surface area contributed by atoms with Crippen LogP contribution < -0.4 is 10.1 Å². The van der Waals surface area contributed by atoms with Gasteiger partial charge in [-0.3, -0.25) is 14.9 Å². The maximum Gasteiger partial charge on any atom is 0.338 e. The lowest BCUT2D eigenvalue weighted by molar-refractivity contribution is -0.136. The molecule has 0 spiro atoms. The van der Waals surface area contributed by atoms with Crippen LogP contribution in [-0.2, 0) is 20.7 Å². The molecule has 1 fully saturated rings. The number of nitrogens with one attached hydrogen (secondary N) is 1. The van der Waals surface area contributed by atoms with E-state index in [-0.39, 0.29) is 17.1 Å². The number of imide groups is 1. The van der Waals surface area contributed by atoms with Crippen LogP contribution in [-0.4, -0.2) is 29.0 Å². The topological polar surface area (TPSA) is 81.7 Å². The standard InChI is InChI=1S/C27H23NO5S/c1-2-32-26(30)23(16-18-6-4-3-5-7-18)20-10-14-22(15-11-20)33-21-12-8-19(9-13-21)17-24-25(29)28-27(31)34-24/h3-16,24H,2,17H2,1H3,(H,28,29,31)/b23-16+. The first-order valence-corrected chi connectivity index (χ1v) is 11.7. The second-order valence-corrected chi connectivity index (χ2v) is 8.72. The highest BCUT2D eigenvalue weighted by molar-refractivity contribution is 8.15. The predicted molar refractivity (Wildman–Crippen MR) is 133 cm³/mol. The SMILES string of the molecule is CCOC(=O)/C(=C/c1ccccc1)c1ccc(Oc2ccc(CC3SC(=O)NC3=O)cc2)cc1. The zero-order chi connectivity index (χ0) is 23.9. The molecule has 0 radical (unpaired) electrons. The minimum atomic E-state index is -0.399. The van der Waals surface area contributed by atoms with E-state index in [2.05, 4.69) is 5.32 Å². The van der Waals surface area contributed by atoms with Gasteiger partial charge in [0.1, 0.15) is 11.5 Å². The molecule has 1 atom stereocenters. The van der Waals surface area contributed by atoms with Crippen molar-refractivity contribution < 1.29 is 23.9 Å². The summed E-state index contributed by atoms with van der Waals surface area (Å²) < 4.78 is 11.2. The lowest BCUT2D eigenvalue weighted by Gasteiger charge is -2.11. The largest absolute Gasteiger partial charge is 0.462 e. The van der Waals surface area contributed by atoms with Crippen LogP contribution in [0.5, 0.6) is 11.5 Å². The molecule has 1 N–H and O–H groups in total. The Bertz CT molecular complexity index is 1200. The van der Waals surface area contributed by atoms with Crippen molar-refractivity contribution in [2.24, 2.45) is 0 Å². The summed E-state index contributed by atoms with van der Waals surface area (Å²) in [5, 5.41) is 1.60. The molecule has 172 valence electrons. The number of ether oxygens (including phenoxy) is 2. The molecule has 3 aromatic rings. The fourth-order valence-electron chi connectivity index (χ4n) is 3.46. The number of carbonyl (C=O) groups is 3. The molecule has 1 unspecified atom stereocenters. The van der Waals surface area contributed by atoms with E-state index in [9.17, 15) is 14.4 Å². The van der Waals surface area contributed by atoms with Crippen molar-refractivity contribution in [2.45, 2.75) is 18.6 Å². The molecule has 0 aliphatic carbocycles. The molecule has 6 nitrogen and oxygen atoms in total. The van der Waals surface area contributed by atoms with Crippen molar-refractivity contribution in [1.29, 1.82) is 0 Å². The van der Waals surface area contributed by atoms with E-state index in [0.29, 0.717) is 30.1 Å². The van der Waals surface area contributed by atoms with Crippen LogP contribution in [0.2, 0.25) is 0 Å². The third-order valence-electron chi connectivity index (χ3n) is 5.12. The van der Waals surface area contributed by atoms with Gasteiger partial charge in [0, 0.05) is 0 Å². The summed E-state index contributed by atoms with van der Waals surface area (Å²) >= 11 is 1.02. The van der Waals surface area contributed by atoms with Gasteiger partial charge in [0.2, 0.25) is 5.91 Å². The first-order valence-electron chi connectivity index (χ1n) is 10.8. The Morgan fingerprint density at radius 1 is 0.941 bits per heavy atom. The van der Waals surface area contributed by atoms with Crippen LogP contribution in [0.25, 0.3) is 11.6 Å². The first-order chi connectivity index (χ1) is 16.5. The zero-order valence-electron chi connectivity index (χ0n) is 18.5. The molecule has 0 saturated carbocycles. The van der Waals surface area contributed by atoms with Crippen LogP contribution in [0.4, 0.5) is 4.79 Å². The fourth-order valence-corrected chi connectivity index (χ4v) is 4.32. The van der Waals surface area contributed by atoms with Gasteiger partial charge in [-0.25, -0.2) is 4.79 Å². The Kier molecular flexibility index (Phi) is 7.44. The Morgan fingerprint density at radius 3 is 2.18 bits per heavy atom. The Labute approximate surface area is 202 Å². The summed E-state index contributed by atoms with van der Waals surface area (Å²) in [6.07, 6.45) is 2.28. The maximum atomic E-state index is 12.6. The number of rotatable bonds is 8. The lowest BCUT2D eigenvalue weighted by atomic mass is 10.0. The quantitative estimate of drug-likeness (QED) is 0.265. The van der Waals surface area contributed by atoms with Crippen LogP contribution in [0, 0.1) is 0 Å². The predicted octanol–water partition coefficient (Wildman–Crippen LogP) is 5.48. The smallest absolute Gasteiger partial charge is 0.338 e. The highest BCUT2D eigenvalue weighted by atomic mass is 32.2. The summed E-state index contributed by atoms with van der Waals surface area (Å²) in [6, 6.07) is 24.2. The maximum absolute atomic E-state index is 12.6. The second-order valence-electron chi connectivity index (χ2n) is 7.55. The van der Waals surface area contributed by atoms with E-state index in [1.54, 1.807) is 19.1 Å². The van der Waals surface area contributed by atoms with Crippen LogP contribution in [0.3, 0.4) is 0 Å². The second kappa shape index (κ2) is 10.9. The van der Waals surface area contributed by atoms with Crippen molar-refractivity contribution in [2.75, 3.05) is 6.61 Å². The van der Waals surface area contributed by atoms with Crippen LogP contribution >= 0.6 is 11.8 Å². The zero-order valence-corrected chi connectivity index (χ0v) is 19.3. The summed E-state index contributed by atoms with van der Waals surface area (Å²) in [5.74, 6) is 0.627. The summed E-state index contributed by atoms with van der Waals surface area (Å²) in [5.41, 5.74) is 3.04. The Morgan fingerprint density at radius 2 is 1.59 bits per heavy atom. The number of benzene rings is 3. The van der Waals surface area contributed by atoms with E-state index in [1.165, 1.54) is 0 Å². The molecule has 0 aromatic heterocycles. The normalized spacial score (nSPS) is 15.7. The van der Waals surface area contributed by atoms with Crippen molar-refractivity contribution >= 4 is 40.5 Å². The van der Waals surface area contributed by atoms with Gasteiger partial charge in [-0.2, -0.15) is 0 Å². The van der Waals surface area contributed by atoms with Gasteiger partial charge in [0.15, 0.2) is 0 Å². The summed E-state index contributed by atoms with van der Waals surface area (Å²) in [6.45, 7) is 2.07. The van der Waals surface area contributed by atoms with Crippen molar-refractivity contribution in [3.8, 4) is 11.5 Å². The third kappa shape index (κ3) is 5.94. The molecule has 1 saturated heterocycles. The monoisotopic (exact) mass is 473 g/mol. The molecule has 4 rings (SSSR count). The van der Waals surface area contributed by atoms with Crippen molar-refractivity contribution in [1.82, 2.24) is 5.32 Å². The van der Waals surface area contributed by atoms with Crippen molar-refractivity contribution in [3.63, 3.8) is 0 Å². The van der Waals surface area contributed by atoms with E-state index in [4.69, 9.17) is 9.47 Å². The van der Waals surface area contributed by atoms with E-state index in [0.717, 1.165) is 28.5 Å². The summed E-state index contributed by atoms with van der Waals surface area (Å²) in [4.78, 5) is 35.6. The molecule has 7 heteroatoms. The van der Waals surface area contributed by atoms with Gasteiger partial charge in [-0.1, -0.05) is 66.4 Å². The van der Waals surface area contributed by atoms with Crippen molar-refractivity contribution in [3.05, 3.63) is 95.6 Å². The minimum absolute atomic E-state index is 0.251. The fraction of sp³-hybridized carbons (Fsp3) is 0.148. The van der Waals surface area contributed by atoms with Gasteiger partial charge in [0.25, 0.3) is 5.24 Å². The number of hydrogen-bond donors (Lipinski definition) is 1. The highest BCUT2D eigenvalue weighted by Gasteiger charge is 2.31. The molecular formula is C27H23NO5S. The van der Waals surface area contributed by atoms with E-state index >= 15 is 0 Å². The van der Waals surface area contributed by atoms with E-state index in [1.807, 2.05) is 72.8 Å². The number of hydrogen-bond acceptors (Lipinski definition) is 6. The molecule has 1 aliphatic heterocycles. The first kappa shape index (κ1) is 23.3. The number of esters is 1. The Balaban J connectivity index is 1.45. The molecule has 0 bridgehead atoms. The molecular weight excluding hydrogens is 450 g/mol. The molecule has 3 aromatic carbocycles. The van der Waals surface area contributed by atoms with Crippen LogP contribution in [0.1, 0.15) is 23.6 Å². The molecule has 1 heterocycles. The number of thioether (sulfide) groups is 1. The third-order valence-corrected chi connectivity index (χ3v) is 6.10. The van der Waals surface area contributed by atoms with Gasteiger partial charge in [-0.05, 0) is 60.4 Å². The van der Waals surface area contributed by atoms with Gasteiger partial charge in [-0.15, -0.1) is 0 Å². The van der Waals surface area contributed by atoms with E-state index < -0.39 is 5.25 Å². The molecule has 2 amide bonds. The molecule has 1 aliphatic rings. The summed E-state index contributed by atoms with van der Waals surface area (Å²) in [7, 11) is 0.